The third-order valence-corrected chi connectivity index (χ3v) is 2.90. The summed E-state index contributed by atoms with van der Waals surface area (Å²) in [5.41, 5.74) is 1.30. The van der Waals surface area contributed by atoms with E-state index in [1.54, 1.807) is 0 Å². The summed E-state index contributed by atoms with van der Waals surface area (Å²) in [5, 5.41) is 6.91. The number of aromatic amines is 1. The molecule has 16 heavy (non-hydrogen) atoms. The van der Waals surface area contributed by atoms with Crippen LogP contribution in [0.15, 0.2) is 18.3 Å². The summed E-state index contributed by atoms with van der Waals surface area (Å²) in [5.74, 6) is 0. The second kappa shape index (κ2) is 6.68. The molecule has 90 valence electrons. The molecule has 2 heterocycles. The predicted octanol–water partition coefficient (Wildman–Crippen LogP) is 0.525. The highest BCUT2D eigenvalue weighted by Gasteiger charge is 2.11. The molecule has 1 aliphatic heterocycles. The van der Waals surface area contributed by atoms with Crippen molar-refractivity contribution in [3.63, 3.8) is 0 Å². The molecule has 0 saturated carbocycles. The van der Waals surface area contributed by atoms with Gasteiger partial charge in [-0.1, -0.05) is 0 Å². The van der Waals surface area contributed by atoms with Crippen LogP contribution >= 0.6 is 0 Å². The third-order valence-electron chi connectivity index (χ3n) is 2.90. The molecule has 0 bridgehead atoms. The van der Waals surface area contributed by atoms with Crippen molar-refractivity contribution >= 4 is 0 Å². The summed E-state index contributed by atoms with van der Waals surface area (Å²) in [6.45, 7) is 4.80. The first-order valence-electron chi connectivity index (χ1n) is 6.09. The van der Waals surface area contributed by atoms with Gasteiger partial charge in [0.2, 0.25) is 0 Å². The second-order valence-corrected chi connectivity index (χ2v) is 4.21. The van der Waals surface area contributed by atoms with E-state index < -0.39 is 0 Å². The van der Waals surface area contributed by atoms with E-state index in [0.29, 0.717) is 6.04 Å². The van der Waals surface area contributed by atoms with Gasteiger partial charge in [0.05, 0.1) is 13.2 Å². The molecular formula is C12H21N3O. The fraction of sp³-hybridized carbons (Fsp3) is 0.667. The van der Waals surface area contributed by atoms with Crippen molar-refractivity contribution in [3.05, 3.63) is 24.0 Å². The zero-order chi connectivity index (χ0) is 11.1. The van der Waals surface area contributed by atoms with E-state index in [2.05, 4.69) is 21.7 Å². The fourth-order valence-corrected chi connectivity index (χ4v) is 1.95. The molecule has 1 saturated heterocycles. The number of ether oxygens (including phenoxy) is 1. The molecule has 4 heteroatoms. The van der Waals surface area contributed by atoms with Gasteiger partial charge in [-0.2, -0.15) is 0 Å². The number of H-pyrrole nitrogens is 1. The average molecular weight is 223 g/mol. The summed E-state index contributed by atoms with van der Waals surface area (Å²) >= 11 is 0. The minimum absolute atomic E-state index is 0.534. The van der Waals surface area contributed by atoms with Gasteiger partial charge in [0.25, 0.3) is 0 Å². The lowest BCUT2D eigenvalue weighted by atomic mass is 10.2. The van der Waals surface area contributed by atoms with E-state index in [-0.39, 0.29) is 0 Å². The molecule has 0 aromatic carbocycles. The number of rotatable bonds is 6. The maximum atomic E-state index is 5.40. The Kier molecular flexibility index (Phi) is 4.86. The van der Waals surface area contributed by atoms with E-state index >= 15 is 0 Å². The maximum absolute atomic E-state index is 5.40. The lowest BCUT2D eigenvalue weighted by Crippen LogP contribution is -2.42. The minimum Gasteiger partial charge on any atom is -0.379 e. The van der Waals surface area contributed by atoms with Crippen LogP contribution in [-0.2, 0) is 11.2 Å². The standard InChI is InChI=1S/C12H21N3O/c1-2-11(14-5-1)3-6-13-7-4-12-10-16-9-8-15-12/h1-2,5,12-15H,3-4,6-10H2. The normalized spacial score (nSPS) is 21.1. The summed E-state index contributed by atoms with van der Waals surface area (Å²) < 4.78 is 5.40. The smallest absolute Gasteiger partial charge is 0.0620 e. The highest BCUT2D eigenvalue weighted by molar-refractivity contribution is 5.03. The molecule has 1 atom stereocenters. The molecule has 1 unspecified atom stereocenters. The number of hydrogen-bond donors (Lipinski definition) is 3. The summed E-state index contributed by atoms with van der Waals surface area (Å²) in [6.07, 6.45) is 4.19. The van der Waals surface area contributed by atoms with Gasteiger partial charge in [-0.05, 0) is 31.5 Å². The van der Waals surface area contributed by atoms with E-state index in [4.69, 9.17) is 4.74 Å². The maximum Gasteiger partial charge on any atom is 0.0620 e. The van der Waals surface area contributed by atoms with E-state index in [1.807, 2.05) is 12.3 Å². The van der Waals surface area contributed by atoms with Gasteiger partial charge in [-0.3, -0.25) is 0 Å². The topological polar surface area (TPSA) is 49.1 Å². The van der Waals surface area contributed by atoms with Crippen molar-refractivity contribution in [3.8, 4) is 0 Å². The van der Waals surface area contributed by atoms with Crippen LogP contribution in [0.1, 0.15) is 12.1 Å². The number of hydrogen-bond acceptors (Lipinski definition) is 3. The minimum atomic E-state index is 0.534. The number of aromatic nitrogens is 1. The van der Waals surface area contributed by atoms with E-state index in [1.165, 1.54) is 5.69 Å². The van der Waals surface area contributed by atoms with Gasteiger partial charge in [-0.15, -0.1) is 0 Å². The Morgan fingerprint density at radius 2 is 2.44 bits per heavy atom. The molecule has 3 N–H and O–H groups in total. The highest BCUT2D eigenvalue weighted by Crippen LogP contribution is 1.97. The summed E-state index contributed by atoms with van der Waals surface area (Å²) in [4.78, 5) is 3.21. The second-order valence-electron chi connectivity index (χ2n) is 4.21. The van der Waals surface area contributed by atoms with Crippen molar-refractivity contribution < 1.29 is 4.74 Å². The quantitative estimate of drug-likeness (QED) is 0.616. The van der Waals surface area contributed by atoms with Crippen molar-refractivity contribution in [2.75, 3.05) is 32.8 Å². The van der Waals surface area contributed by atoms with E-state index in [9.17, 15) is 0 Å². The molecule has 1 aromatic heterocycles. The predicted molar refractivity (Wildman–Crippen MR) is 64.6 cm³/mol. The van der Waals surface area contributed by atoms with Crippen LogP contribution in [0.2, 0.25) is 0 Å². The summed E-state index contributed by atoms with van der Waals surface area (Å²) in [6, 6.07) is 4.70. The Morgan fingerprint density at radius 3 is 3.19 bits per heavy atom. The van der Waals surface area contributed by atoms with Crippen molar-refractivity contribution in [1.82, 2.24) is 15.6 Å². The van der Waals surface area contributed by atoms with Crippen molar-refractivity contribution in [2.24, 2.45) is 0 Å². The first-order chi connectivity index (χ1) is 7.95. The molecule has 0 amide bonds. The Balaban J connectivity index is 1.48. The highest BCUT2D eigenvalue weighted by atomic mass is 16.5. The Labute approximate surface area is 96.8 Å². The molecular weight excluding hydrogens is 202 g/mol. The van der Waals surface area contributed by atoms with Gasteiger partial charge in [0.15, 0.2) is 0 Å². The Hall–Kier alpha value is -0.840. The zero-order valence-electron chi connectivity index (χ0n) is 9.67. The van der Waals surface area contributed by atoms with Crippen LogP contribution in [0.25, 0.3) is 0 Å². The molecule has 0 radical (unpaired) electrons. The molecule has 1 aromatic rings. The van der Waals surface area contributed by atoms with Crippen LogP contribution in [0, 0.1) is 0 Å². The van der Waals surface area contributed by atoms with E-state index in [0.717, 1.165) is 45.7 Å². The largest absolute Gasteiger partial charge is 0.379 e. The molecule has 1 fully saturated rings. The molecule has 2 rings (SSSR count). The zero-order valence-corrected chi connectivity index (χ0v) is 9.67. The van der Waals surface area contributed by atoms with Gasteiger partial charge >= 0.3 is 0 Å². The average Bonchev–Trinajstić information content (AvgIpc) is 2.83. The first kappa shape index (κ1) is 11.6. The van der Waals surface area contributed by atoms with Crippen LogP contribution in [0.3, 0.4) is 0 Å². The van der Waals surface area contributed by atoms with Gasteiger partial charge in [0, 0.05) is 31.0 Å². The van der Waals surface area contributed by atoms with Gasteiger partial charge in [0.1, 0.15) is 0 Å². The van der Waals surface area contributed by atoms with Crippen LogP contribution in [0.5, 0.6) is 0 Å². The molecule has 0 aliphatic carbocycles. The SMILES string of the molecule is c1c[nH]c(CCNCCC2COCCN2)c1. The van der Waals surface area contributed by atoms with Crippen LogP contribution in [0.4, 0.5) is 0 Å². The first-order valence-corrected chi connectivity index (χ1v) is 6.09. The Morgan fingerprint density at radius 1 is 1.44 bits per heavy atom. The molecule has 1 aliphatic rings. The van der Waals surface area contributed by atoms with Gasteiger partial charge in [-0.25, -0.2) is 0 Å². The number of morpholine rings is 1. The Bertz CT molecular complexity index is 268. The summed E-state index contributed by atoms with van der Waals surface area (Å²) in [7, 11) is 0. The lowest BCUT2D eigenvalue weighted by Gasteiger charge is -2.23. The van der Waals surface area contributed by atoms with Gasteiger partial charge < -0.3 is 20.4 Å². The molecule has 0 spiro atoms. The third kappa shape index (κ3) is 3.96. The van der Waals surface area contributed by atoms with Crippen molar-refractivity contribution in [2.45, 2.75) is 18.9 Å². The van der Waals surface area contributed by atoms with Crippen LogP contribution < -0.4 is 10.6 Å². The molecule has 4 nitrogen and oxygen atoms in total. The fourth-order valence-electron chi connectivity index (χ4n) is 1.95. The lowest BCUT2D eigenvalue weighted by molar-refractivity contribution is 0.0743. The number of nitrogens with one attached hydrogen (secondary N) is 3. The van der Waals surface area contributed by atoms with Crippen molar-refractivity contribution in [1.29, 1.82) is 0 Å². The van der Waals surface area contributed by atoms with Crippen LogP contribution in [-0.4, -0.2) is 43.9 Å². The monoisotopic (exact) mass is 223 g/mol.